The maximum absolute atomic E-state index is 11.1. The molecule has 0 saturated heterocycles. The molecule has 0 aliphatic rings. The fourth-order valence-electron chi connectivity index (χ4n) is 3.33. The van der Waals surface area contributed by atoms with Crippen molar-refractivity contribution in [3.8, 4) is 17.2 Å². The van der Waals surface area contributed by atoms with Crippen LogP contribution in [0, 0.1) is 34.1 Å². The second-order valence-electron chi connectivity index (χ2n) is 7.22. The summed E-state index contributed by atoms with van der Waals surface area (Å²) in [6, 6.07) is 12.6. The lowest BCUT2D eigenvalue weighted by molar-refractivity contribution is -0.394. The van der Waals surface area contributed by atoms with Gasteiger partial charge in [0.15, 0.2) is 5.58 Å². The molecule has 0 radical (unpaired) electrons. The van der Waals surface area contributed by atoms with Gasteiger partial charge in [0.2, 0.25) is 11.6 Å². The van der Waals surface area contributed by atoms with Crippen molar-refractivity contribution < 1.29 is 19.4 Å². The zero-order valence-corrected chi connectivity index (χ0v) is 17.0. The van der Waals surface area contributed by atoms with E-state index in [2.05, 4.69) is 9.98 Å². The first-order valence-electron chi connectivity index (χ1n) is 9.40. The number of nitrogens with zero attached hydrogens (tertiary/aromatic N) is 4. The molecule has 3 aromatic carbocycles. The first-order chi connectivity index (χ1) is 15.2. The highest BCUT2D eigenvalue weighted by Crippen LogP contribution is 2.34. The Balaban J connectivity index is 1.71. The SMILES string of the molecule is Cc1cc(C)cc(-c2nc3cc(N=Cc4cc([N+](=O)[O-])cc([N+](=O)[O-])c4O)ccc3o2)c1. The molecule has 0 unspecified atom stereocenters. The number of phenols is 1. The van der Waals surface area contributed by atoms with Crippen molar-refractivity contribution in [1.82, 2.24) is 4.98 Å². The van der Waals surface area contributed by atoms with Crippen molar-refractivity contribution in [3.05, 3.63) is 85.4 Å². The predicted octanol–water partition coefficient (Wildman–Crippen LogP) is 5.38. The van der Waals surface area contributed by atoms with Gasteiger partial charge in [-0.15, -0.1) is 0 Å². The standard InChI is InChI=1S/C22H16N4O6/c1-12-5-13(2)7-14(6-12)22-24-18-9-16(3-4-20(18)32-22)23-11-15-8-17(25(28)29)10-19(21(15)27)26(30)31/h3-11,27H,1-2H3. The van der Waals surface area contributed by atoms with E-state index in [0.29, 0.717) is 28.7 Å². The molecule has 0 amide bonds. The number of aromatic hydroxyl groups is 1. The molecule has 10 heteroatoms. The maximum atomic E-state index is 11.1. The number of oxazole rings is 1. The molecule has 0 atom stereocenters. The molecule has 4 aromatic rings. The highest BCUT2D eigenvalue weighted by molar-refractivity contribution is 5.89. The van der Waals surface area contributed by atoms with E-state index >= 15 is 0 Å². The van der Waals surface area contributed by atoms with Crippen LogP contribution in [0.5, 0.6) is 5.75 Å². The van der Waals surface area contributed by atoms with Gasteiger partial charge in [-0.1, -0.05) is 17.2 Å². The van der Waals surface area contributed by atoms with Gasteiger partial charge >= 0.3 is 5.69 Å². The van der Waals surface area contributed by atoms with Crippen LogP contribution in [0.15, 0.2) is 57.9 Å². The second kappa shape index (κ2) is 7.91. The molecular formula is C22H16N4O6. The summed E-state index contributed by atoms with van der Waals surface area (Å²) in [4.78, 5) is 29.2. The molecule has 1 N–H and O–H groups in total. The minimum atomic E-state index is -0.893. The van der Waals surface area contributed by atoms with Crippen molar-refractivity contribution in [2.45, 2.75) is 13.8 Å². The Hall–Kier alpha value is -4.60. The van der Waals surface area contributed by atoms with Crippen LogP contribution < -0.4 is 0 Å². The van der Waals surface area contributed by atoms with Gasteiger partial charge in [0, 0.05) is 23.4 Å². The number of hydrogen-bond donors (Lipinski definition) is 1. The van der Waals surface area contributed by atoms with E-state index in [0.717, 1.165) is 29.0 Å². The molecule has 0 spiro atoms. The number of non-ortho nitro benzene ring substituents is 1. The van der Waals surface area contributed by atoms with Gasteiger partial charge < -0.3 is 9.52 Å². The van der Waals surface area contributed by atoms with Crippen molar-refractivity contribution >= 4 is 34.4 Å². The summed E-state index contributed by atoms with van der Waals surface area (Å²) in [6.45, 7) is 3.97. The predicted molar refractivity (Wildman–Crippen MR) is 118 cm³/mol. The Morgan fingerprint density at radius 3 is 2.38 bits per heavy atom. The Labute approximate surface area is 180 Å². The number of nitro groups is 2. The molecule has 0 fully saturated rings. The largest absolute Gasteiger partial charge is 0.502 e. The van der Waals surface area contributed by atoms with Crippen molar-refractivity contribution in [3.63, 3.8) is 0 Å². The molecule has 160 valence electrons. The number of aliphatic imine (C=N–C) groups is 1. The Morgan fingerprint density at radius 2 is 1.72 bits per heavy atom. The fraction of sp³-hybridized carbons (Fsp3) is 0.0909. The number of benzene rings is 3. The third-order valence-electron chi connectivity index (χ3n) is 4.70. The van der Waals surface area contributed by atoms with E-state index in [4.69, 9.17) is 4.42 Å². The Morgan fingerprint density at radius 1 is 1.00 bits per heavy atom. The van der Waals surface area contributed by atoms with Crippen molar-refractivity contribution in [1.29, 1.82) is 0 Å². The summed E-state index contributed by atoms with van der Waals surface area (Å²) >= 11 is 0. The smallest absolute Gasteiger partial charge is 0.318 e. The van der Waals surface area contributed by atoms with Gasteiger partial charge in [-0.2, -0.15) is 0 Å². The van der Waals surface area contributed by atoms with Gasteiger partial charge in [0.05, 0.1) is 21.6 Å². The first-order valence-corrected chi connectivity index (χ1v) is 9.40. The summed E-state index contributed by atoms with van der Waals surface area (Å²) in [5, 5.41) is 32.3. The van der Waals surface area contributed by atoms with Crippen LogP contribution in [0.2, 0.25) is 0 Å². The summed E-state index contributed by atoms with van der Waals surface area (Å²) < 4.78 is 5.83. The normalized spacial score (nSPS) is 11.3. The zero-order valence-electron chi connectivity index (χ0n) is 17.0. The minimum Gasteiger partial charge on any atom is -0.502 e. The quantitative estimate of drug-likeness (QED) is 0.253. The molecule has 0 bridgehead atoms. The minimum absolute atomic E-state index is 0.151. The van der Waals surface area contributed by atoms with Crippen LogP contribution in [-0.2, 0) is 0 Å². The van der Waals surface area contributed by atoms with Crippen LogP contribution in [0.1, 0.15) is 16.7 Å². The highest BCUT2D eigenvalue weighted by Gasteiger charge is 2.23. The van der Waals surface area contributed by atoms with E-state index in [1.54, 1.807) is 18.2 Å². The average molecular weight is 432 g/mol. The number of nitro benzene ring substituents is 2. The number of phenolic OH excluding ortho intramolecular Hbond substituents is 1. The van der Waals surface area contributed by atoms with E-state index in [1.807, 2.05) is 32.0 Å². The molecule has 0 saturated carbocycles. The molecule has 1 heterocycles. The maximum Gasteiger partial charge on any atom is 0.318 e. The Bertz CT molecular complexity index is 1400. The summed E-state index contributed by atoms with van der Waals surface area (Å²) in [6.07, 6.45) is 1.13. The lowest BCUT2D eigenvalue weighted by atomic mass is 10.1. The third kappa shape index (κ3) is 4.01. The lowest BCUT2D eigenvalue weighted by Crippen LogP contribution is -1.96. The molecule has 0 aliphatic heterocycles. The number of rotatable bonds is 5. The number of aryl methyl sites for hydroxylation is 2. The summed E-state index contributed by atoms with van der Waals surface area (Å²) in [7, 11) is 0. The van der Waals surface area contributed by atoms with Crippen molar-refractivity contribution in [2.24, 2.45) is 4.99 Å². The third-order valence-corrected chi connectivity index (χ3v) is 4.70. The second-order valence-corrected chi connectivity index (χ2v) is 7.22. The first kappa shape index (κ1) is 20.7. The molecular weight excluding hydrogens is 416 g/mol. The molecule has 4 rings (SSSR count). The number of fused-ring (bicyclic) bond motifs is 1. The van der Waals surface area contributed by atoms with E-state index < -0.39 is 27.0 Å². The van der Waals surface area contributed by atoms with Gasteiger partial charge in [0.1, 0.15) is 5.52 Å². The molecule has 1 aromatic heterocycles. The topological polar surface area (TPSA) is 145 Å². The van der Waals surface area contributed by atoms with Crippen LogP contribution in [0.25, 0.3) is 22.6 Å². The van der Waals surface area contributed by atoms with Crippen LogP contribution in [0.4, 0.5) is 17.1 Å². The molecule has 0 aliphatic carbocycles. The number of aromatic nitrogens is 1. The van der Waals surface area contributed by atoms with Crippen molar-refractivity contribution in [2.75, 3.05) is 0 Å². The van der Waals surface area contributed by atoms with Crippen LogP contribution in [-0.4, -0.2) is 26.2 Å². The summed E-state index contributed by atoms with van der Waals surface area (Å²) in [5.41, 5.74) is 3.07. The highest BCUT2D eigenvalue weighted by atomic mass is 16.6. The monoisotopic (exact) mass is 432 g/mol. The van der Waals surface area contributed by atoms with Crippen LogP contribution in [0.3, 0.4) is 0 Å². The molecule has 10 nitrogen and oxygen atoms in total. The van der Waals surface area contributed by atoms with Gasteiger partial charge in [-0.05, 0) is 44.2 Å². The van der Waals surface area contributed by atoms with Gasteiger partial charge in [0.25, 0.3) is 5.69 Å². The molecule has 32 heavy (non-hydrogen) atoms. The van der Waals surface area contributed by atoms with Crippen LogP contribution >= 0.6 is 0 Å². The van der Waals surface area contributed by atoms with E-state index in [-0.39, 0.29) is 5.56 Å². The van der Waals surface area contributed by atoms with E-state index in [1.165, 1.54) is 0 Å². The average Bonchev–Trinajstić information content (AvgIpc) is 3.15. The number of hydrogen-bond acceptors (Lipinski definition) is 8. The summed E-state index contributed by atoms with van der Waals surface area (Å²) in [5.74, 6) is -0.246. The lowest BCUT2D eigenvalue weighted by Gasteiger charge is -2.01. The Kier molecular flexibility index (Phi) is 5.11. The zero-order chi connectivity index (χ0) is 23.0. The van der Waals surface area contributed by atoms with Gasteiger partial charge in [-0.3, -0.25) is 25.2 Å². The van der Waals surface area contributed by atoms with Gasteiger partial charge in [-0.25, -0.2) is 4.98 Å². The fourth-order valence-corrected chi connectivity index (χ4v) is 3.33. The van der Waals surface area contributed by atoms with E-state index in [9.17, 15) is 25.3 Å².